The second-order valence-electron chi connectivity index (χ2n) is 4.72. The molecule has 0 unspecified atom stereocenters. The van der Waals surface area contributed by atoms with E-state index in [-0.39, 0.29) is 0 Å². The van der Waals surface area contributed by atoms with Gasteiger partial charge in [0.1, 0.15) is 0 Å². The molecule has 88 valence electrons. The van der Waals surface area contributed by atoms with Crippen LogP contribution in [0.3, 0.4) is 0 Å². The quantitative estimate of drug-likeness (QED) is 0.768. The lowest BCUT2D eigenvalue weighted by Gasteiger charge is -2.36. The molecule has 2 nitrogen and oxygen atoms in total. The normalized spacial score (nSPS) is 24.1. The van der Waals surface area contributed by atoms with Crippen LogP contribution in [0.5, 0.6) is 0 Å². The van der Waals surface area contributed by atoms with Crippen LogP contribution in [0, 0.1) is 6.92 Å². The first-order valence-corrected chi connectivity index (χ1v) is 6.08. The van der Waals surface area contributed by atoms with E-state index in [1.165, 1.54) is 24.0 Å². The van der Waals surface area contributed by atoms with Crippen molar-refractivity contribution < 1.29 is 4.74 Å². The molecular formula is C14H21NO. The van der Waals surface area contributed by atoms with Crippen molar-refractivity contribution in [3.63, 3.8) is 0 Å². The van der Waals surface area contributed by atoms with Crippen LogP contribution in [0.25, 0.3) is 0 Å². The van der Waals surface area contributed by atoms with E-state index in [0.717, 1.165) is 19.1 Å². The van der Waals surface area contributed by atoms with Crippen LogP contribution < -0.4 is 5.32 Å². The van der Waals surface area contributed by atoms with Crippen LogP contribution in [-0.4, -0.2) is 26.3 Å². The smallest absolute Gasteiger partial charge is 0.0587 e. The predicted octanol–water partition coefficient (Wildman–Crippen LogP) is 2.48. The Bertz CT molecular complexity index is 314. The van der Waals surface area contributed by atoms with Gasteiger partial charge in [-0.3, -0.25) is 0 Å². The molecule has 0 heterocycles. The Balaban J connectivity index is 1.73. The van der Waals surface area contributed by atoms with Gasteiger partial charge in [0.05, 0.1) is 6.61 Å². The highest BCUT2D eigenvalue weighted by molar-refractivity contribution is 5.26. The van der Waals surface area contributed by atoms with Crippen molar-refractivity contribution in [2.45, 2.75) is 31.7 Å². The van der Waals surface area contributed by atoms with Gasteiger partial charge in [0.2, 0.25) is 0 Å². The van der Waals surface area contributed by atoms with Crippen molar-refractivity contribution in [3.8, 4) is 0 Å². The lowest BCUT2D eigenvalue weighted by Crippen LogP contribution is -2.41. The minimum Gasteiger partial charge on any atom is -0.383 e. The van der Waals surface area contributed by atoms with Crippen LogP contribution in [-0.2, 0) is 4.74 Å². The number of methoxy groups -OCH3 is 1. The van der Waals surface area contributed by atoms with Crippen LogP contribution in [0.2, 0.25) is 0 Å². The Morgan fingerprint density at radius 1 is 1.25 bits per heavy atom. The molecule has 2 heteroatoms. The average Bonchev–Trinajstić information content (AvgIpc) is 2.23. The Morgan fingerprint density at radius 3 is 2.56 bits per heavy atom. The summed E-state index contributed by atoms with van der Waals surface area (Å²) in [5, 5.41) is 3.51. The molecule has 1 aliphatic rings. The van der Waals surface area contributed by atoms with E-state index in [1.807, 2.05) is 0 Å². The molecule has 16 heavy (non-hydrogen) atoms. The highest BCUT2D eigenvalue weighted by Crippen LogP contribution is 2.36. The molecule has 0 spiro atoms. The number of rotatable bonds is 5. The van der Waals surface area contributed by atoms with Gasteiger partial charge >= 0.3 is 0 Å². The highest BCUT2D eigenvalue weighted by atomic mass is 16.5. The van der Waals surface area contributed by atoms with Gasteiger partial charge in [-0.15, -0.1) is 0 Å². The fourth-order valence-corrected chi connectivity index (χ4v) is 2.26. The van der Waals surface area contributed by atoms with E-state index in [9.17, 15) is 0 Å². The average molecular weight is 219 g/mol. The number of nitrogens with one attached hydrogen (secondary N) is 1. The summed E-state index contributed by atoms with van der Waals surface area (Å²) in [5.41, 5.74) is 2.84. The van der Waals surface area contributed by atoms with Gasteiger partial charge in [-0.05, 0) is 31.2 Å². The fraction of sp³-hybridized carbons (Fsp3) is 0.571. The highest BCUT2D eigenvalue weighted by Gasteiger charge is 2.29. The number of hydrogen-bond acceptors (Lipinski definition) is 2. The minimum absolute atomic E-state index is 0.696. The number of aryl methyl sites for hydroxylation is 1. The van der Waals surface area contributed by atoms with E-state index in [1.54, 1.807) is 7.11 Å². The van der Waals surface area contributed by atoms with Crippen LogP contribution in [0.1, 0.15) is 29.9 Å². The van der Waals surface area contributed by atoms with Crippen molar-refractivity contribution in [2.24, 2.45) is 0 Å². The Kier molecular flexibility index (Phi) is 3.97. The van der Waals surface area contributed by atoms with Crippen LogP contribution in [0.4, 0.5) is 0 Å². The van der Waals surface area contributed by atoms with Gasteiger partial charge in [-0.2, -0.15) is 0 Å². The molecule has 0 aromatic heterocycles. The van der Waals surface area contributed by atoms with Crippen molar-refractivity contribution in [1.29, 1.82) is 0 Å². The first kappa shape index (κ1) is 11.6. The molecule has 0 atom stereocenters. The molecule has 0 saturated heterocycles. The lowest BCUT2D eigenvalue weighted by molar-refractivity contribution is 0.184. The summed E-state index contributed by atoms with van der Waals surface area (Å²) in [6, 6.07) is 9.65. The standard InChI is InChI=1S/C14H21NO/c1-11-3-5-12(6-4-11)13-9-14(10-13)15-7-8-16-2/h3-6,13-15H,7-10H2,1-2H3. The van der Waals surface area contributed by atoms with Gasteiger partial charge < -0.3 is 10.1 Å². The lowest BCUT2D eigenvalue weighted by atomic mass is 9.76. The van der Waals surface area contributed by atoms with Crippen LogP contribution in [0.15, 0.2) is 24.3 Å². The van der Waals surface area contributed by atoms with E-state index in [4.69, 9.17) is 4.74 Å². The van der Waals surface area contributed by atoms with Crippen LogP contribution >= 0.6 is 0 Å². The second-order valence-corrected chi connectivity index (χ2v) is 4.72. The third-order valence-electron chi connectivity index (χ3n) is 3.43. The maximum absolute atomic E-state index is 5.02. The third kappa shape index (κ3) is 2.83. The topological polar surface area (TPSA) is 21.3 Å². The van der Waals surface area contributed by atoms with Crippen molar-refractivity contribution in [3.05, 3.63) is 35.4 Å². The molecule has 0 bridgehead atoms. The number of ether oxygens (including phenoxy) is 1. The molecule has 0 radical (unpaired) electrons. The summed E-state index contributed by atoms with van der Waals surface area (Å²) in [4.78, 5) is 0. The molecule has 1 aromatic carbocycles. The molecule has 1 N–H and O–H groups in total. The van der Waals surface area contributed by atoms with Crippen molar-refractivity contribution in [1.82, 2.24) is 5.32 Å². The van der Waals surface area contributed by atoms with E-state index in [2.05, 4.69) is 36.5 Å². The Labute approximate surface area is 98.0 Å². The molecule has 1 aliphatic carbocycles. The maximum Gasteiger partial charge on any atom is 0.0587 e. The zero-order valence-electron chi connectivity index (χ0n) is 10.2. The molecule has 2 rings (SSSR count). The van der Waals surface area contributed by atoms with Crippen molar-refractivity contribution >= 4 is 0 Å². The summed E-state index contributed by atoms with van der Waals surface area (Å²) in [5.74, 6) is 0.764. The predicted molar refractivity (Wildman–Crippen MR) is 66.8 cm³/mol. The zero-order chi connectivity index (χ0) is 11.4. The van der Waals surface area contributed by atoms with E-state index in [0.29, 0.717) is 6.04 Å². The molecule has 1 saturated carbocycles. The monoisotopic (exact) mass is 219 g/mol. The van der Waals surface area contributed by atoms with Crippen molar-refractivity contribution in [2.75, 3.05) is 20.3 Å². The molecule has 0 aliphatic heterocycles. The van der Waals surface area contributed by atoms with Gasteiger partial charge in [0.25, 0.3) is 0 Å². The van der Waals surface area contributed by atoms with Gasteiger partial charge in [-0.1, -0.05) is 29.8 Å². The third-order valence-corrected chi connectivity index (χ3v) is 3.43. The molecular weight excluding hydrogens is 198 g/mol. The van der Waals surface area contributed by atoms with Gasteiger partial charge in [0.15, 0.2) is 0 Å². The zero-order valence-corrected chi connectivity index (χ0v) is 10.2. The Morgan fingerprint density at radius 2 is 1.94 bits per heavy atom. The molecule has 1 aromatic rings. The summed E-state index contributed by atoms with van der Waals surface area (Å²) in [7, 11) is 1.75. The number of hydrogen-bond donors (Lipinski definition) is 1. The van der Waals surface area contributed by atoms with Gasteiger partial charge in [-0.25, -0.2) is 0 Å². The first-order valence-electron chi connectivity index (χ1n) is 6.08. The summed E-state index contributed by atoms with van der Waals surface area (Å²) in [6.45, 7) is 3.92. The SMILES string of the molecule is COCCNC1CC(c2ccc(C)cc2)C1. The summed E-state index contributed by atoms with van der Waals surface area (Å²) < 4.78 is 5.02. The number of benzene rings is 1. The Hall–Kier alpha value is -0.860. The summed E-state index contributed by atoms with van der Waals surface area (Å²) in [6.07, 6.45) is 2.54. The molecule has 0 amide bonds. The van der Waals surface area contributed by atoms with Gasteiger partial charge in [0, 0.05) is 19.7 Å². The fourth-order valence-electron chi connectivity index (χ4n) is 2.26. The van der Waals surface area contributed by atoms with E-state index >= 15 is 0 Å². The molecule has 1 fully saturated rings. The minimum atomic E-state index is 0.696. The van der Waals surface area contributed by atoms with E-state index < -0.39 is 0 Å². The second kappa shape index (κ2) is 5.46. The summed E-state index contributed by atoms with van der Waals surface area (Å²) >= 11 is 0. The largest absolute Gasteiger partial charge is 0.383 e. The maximum atomic E-state index is 5.02. The first-order chi connectivity index (χ1) is 7.79.